The van der Waals surface area contributed by atoms with Gasteiger partial charge >= 0.3 is 5.97 Å². The van der Waals surface area contributed by atoms with Gasteiger partial charge in [-0.2, -0.15) is 0 Å². The summed E-state index contributed by atoms with van der Waals surface area (Å²) in [5.74, 6) is -0.400. The van der Waals surface area contributed by atoms with E-state index in [2.05, 4.69) is 11.7 Å². The third-order valence-electron chi connectivity index (χ3n) is 3.74. The fraction of sp³-hybridized carbons (Fsp3) is 0.273. The third kappa shape index (κ3) is 7.79. The van der Waals surface area contributed by atoms with Gasteiger partial charge in [-0.1, -0.05) is 62.2 Å². The van der Waals surface area contributed by atoms with Crippen LogP contribution in [0.25, 0.3) is 6.08 Å². The Morgan fingerprint density at radius 1 is 1.04 bits per heavy atom. The molecule has 4 heteroatoms. The molecule has 0 saturated heterocycles. The van der Waals surface area contributed by atoms with E-state index in [0.29, 0.717) is 11.3 Å². The topological polar surface area (TPSA) is 69.4 Å². The third-order valence-corrected chi connectivity index (χ3v) is 3.74. The van der Waals surface area contributed by atoms with E-state index in [1.165, 1.54) is 20.0 Å². The van der Waals surface area contributed by atoms with Gasteiger partial charge in [0.25, 0.3) is 0 Å². The maximum absolute atomic E-state index is 10.9. The van der Waals surface area contributed by atoms with Crippen LogP contribution in [0.15, 0.2) is 60.2 Å². The number of nitrogens with two attached hydrogens (primary N) is 1. The molecule has 0 saturated carbocycles. The number of ether oxygens (including phenoxy) is 1. The summed E-state index contributed by atoms with van der Waals surface area (Å²) in [5, 5.41) is 0. The number of benzene rings is 2. The van der Waals surface area contributed by atoms with Gasteiger partial charge in [0.1, 0.15) is 6.29 Å². The number of hydrogen-bond acceptors (Lipinski definition) is 4. The molecule has 0 atom stereocenters. The Morgan fingerprint density at radius 2 is 1.69 bits per heavy atom. The van der Waals surface area contributed by atoms with Crippen LogP contribution >= 0.6 is 0 Å². The summed E-state index contributed by atoms with van der Waals surface area (Å²) < 4.78 is 4.50. The van der Waals surface area contributed by atoms with Crippen LogP contribution < -0.4 is 5.73 Å². The first-order chi connectivity index (χ1) is 12.6. The zero-order valence-corrected chi connectivity index (χ0v) is 15.5. The minimum absolute atomic E-state index is 0.400. The van der Waals surface area contributed by atoms with Crippen LogP contribution in [-0.2, 0) is 9.53 Å². The Hall–Kier alpha value is -2.88. The lowest BCUT2D eigenvalue weighted by Gasteiger charge is -2.00. The number of esters is 1. The quantitative estimate of drug-likeness (QED) is 0.253. The zero-order valence-electron chi connectivity index (χ0n) is 15.5. The highest BCUT2D eigenvalue weighted by atomic mass is 16.5. The second-order valence-electron chi connectivity index (χ2n) is 5.78. The minimum atomic E-state index is -0.400. The number of hydrogen-bond donors (Lipinski definition) is 1. The van der Waals surface area contributed by atoms with Crippen LogP contribution in [0.2, 0.25) is 0 Å². The van der Waals surface area contributed by atoms with Crippen molar-refractivity contribution in [1.82, 2.24) is 0 Å². The second-order valence-corrected chi connectivity index (χ2v) is 5.78. The van der Waals surface area contributed by atoms with Gasteiger partial charge in [0, 0.05) is 5.69 Å². The van der Waals surface area contributed by atoms with E-state index in [9.17, 15) is 9.59 Å². The molecule has 26 heavy (non-hydrogen) atoms. The van der Waals surface area contributed by atoms with E-state index in [1.54, 1.807) is 24.3 Å². The SMILES string of the molecule is CCCCCC(C=O)=Cc1ccccc1.COC(=O)c1ccccc1N. The predicted octanol–water partition coefficient (Wildman–Crippen LogP) is 4.90. The number of rotatable bonds is 7. The Morgan fingerprint density at radius 3 is 2.27 bits per heavy atom. The van der Waals surface area contributed by atoms with E-state index in [-0.39, 0.29) is 0 Å². The van der Waals surface area contributed by atoms with Crippen LogP contribution in [-0.4, -0.2) is 19.4 Å². The van der Waals surface area contributed by atoms with Gasteiger partial charge < -0.3 is 10.5 Å². The van der Waals surface area contributed by atoms with E-state index in [4.69, 9.17) is 5.73 Å². The van der Waals surface area contributed by atoms with E-state index < -0.39 is 5.97 Å². The molecule has 0 amide bonds. The highest BCUT2D eigenvalue weighted by Crippen LogP contribution is 2.12. The molecule has 0 radical (unpaired) electrons. The molecule has 0 bridgehead atoms. The molecule has 4 nitrogen and oxygen atoms in total. The summed E-state index contributed by atoms with van der Waals surface area (Å²) in [6.45, 7) is 2.17. The number of carbonyl (C=O) groups is 2. The Bertz CT molecular complexity index is 708. The molecule has 0 aliphatic carbocycles. The lowest BCUT2D eigenvalue weighted by atomic mass is 10.1. The van der Waals surface area contributed by atoms with E-state index in [1.807, 2.05) is 36.4 Å². The van der Waals surface area contributed by atoms with Gasteiger partial charge in [-0.25, -0.2) is 4.79 Å². The highest BCUT2D eigenvalue weighted by molar-refractivity contribution is 5.94. The number of nitrogen functional groups attached to an aromatic ring is 1. The first kappa shape index (κ1) is 21.2. The molecule has 2 N–H and O–H groups in total. The molecule has 0 aliphatic rings. The minimum Gasteiger partial charge on any atom is -0.465 e. The molecule has 0 unspecified atom stereocenters. The van der Waals surface area contributed by atoms with Crippen LogP contribution in [0.5, 0.6) is 0 Å². The van der Waals surface area contributed by atoms with Gasteiger partial charge in [-0.3, -0.25) is 4.79 Å². The molecular formula is C22H27NO3. The standard InChI is InChI=1S/C14H18O.C8H9NO2/c1-2-3-5-10-14(12-15)11-13-8-6-4-7-9-13;1-11-8(10)6-4-2-3-5-7(6)9/h4,6-9,11-12H,2-3,5,10H2,1H3;2-5H,9H2,1H3. The molecule has 2 aromatic rings. The van der Waals surface area contributed by atoms with E-state index >= 15 is 0 Å². The molecule has 2 rings (SSSR count). The summed E-state index contributed by atoms with van der Waals surface area (Å²) in [7, 11) is 1.33. The predicted molar refractivity (Wildman–Crippen MR) is 107 cm³/mol. The zero-order chi connectivity index (χ0) is 19.2. The Labute approximate surface area is 155 Å². The van der Waals surface area contributed by atoms with Gasteiger partial charge in [0.2, 0.25) is 0 Å². The average molecular weight is 353 g/mol. The largest absolute Gasteiger partial charge is 0.465 e. The van der Waals surface area contributed by atoms with E-state index in [0.717, 1.165) is 30.3 Å². The fourth-order valence-electron chi connectivity index (χ4n) is 2.30. The van der Waals surface area contributed by atoms with Crippen molar-refractivity contribution < 1.29 is 14.3 Å². The molecule has 2 aromatic carbocycles. The van der Waals surface area contributed by atoms with Crippen LogP contribution in [0.4, 0.5) is 5.69 Å². The summed E-state index contributed by atoms with van der Waals surface area (Å²) >= 11 is 0. The smallest absolute Gasteiger partial charge is 0.339 e. The first-order valence-corrected chi connectivity index (χ1v) is 8.76. The van der Waals surface area contributed by atoms with Crippen molar-refractivity contribution in [3.63, 3.8) is 0 Å². The van der Waals surface area contributed by atoms with Crippen LogP contribution in [0, 0.1) is 0 Å². The first-order valence-electron chi connectivity index (χ1n) is 8.76. The van der Waals surface area contributed by atoms with Crippen molar-refractivity contribution in [3.05, 3.63) is 71.3 Å². The van der Waals surface area contributed by atoms with Crippen molar-refractivity contribution in [1.29, 1.82) is 0 Å². The maximum Gasteiger partial charge on any atom is 0.339 e. The second kappa shape index (κ2) is 12.5. The van der Waals surface area contributed by atoms with Crippen molar-refractivity contribution in [3.8, 4) is 0 Å². The lowest BCUT2D eigenvalue weighted by molar-refractivity contribution is -0.105. The molecular weight excluding hydrogens is 326 g/mol. The van der Waals surface area contributed by atoms with Crippen LogP contribution in [0.1, 0.15) is 48.5 Å². The molecule has 0 aromatic heterocycles. The number of anilines is 1. The summed E-state index contributed by atoms with van der Waals surface area (Å²) in [6.07, 6.45) is 7.34. The van der Waals surface area contributed by atoms with Gasteiger partial charge in [-0.15, -0.1) is 0 Å². The number of allylic oxidation sites excluding steroid dienone is 1. The number of methoxy groups -OCH3 is 1. The number of carbonyl (C=O) groups excluding carboxylic acids is 2. The number of aldehydes is 1. The molecule has 138 valence electrons. The molecule has 0 spiro atoms. The average Bonchev–Trinajstić information content (AvgIpc) is 2.68. The summed E-state index contributed by atoms with van der Waals surface area (Å²) in [4.78, 5) is 21.8. The van der Waals surface area contributed by atoms with Crippen molar-refractivity contribution in [2.75, 3.05) is 12.8 Å². The van der Waals surface area contributed by atoms with Crippen molar-refractivity contribution in [2.24, 2.45) is 0 Å². The normalized spacial score (nSPS) is 10.5. The van der Waals surface area contributed by atoms with Crippen molar-refractivity contribution >= 4 is 24.0 Å². The Balaban J connectivity index is 0.000000273. The summed E-state index contributed by atoms with van der Waals surface area (Å²) in [6, 6.07) is 16.8. The van der Waals surface area contributed by atoms with Gasteiger partial charge in [0.15, 0.2) is 0 Å². The van der Waals surface area contributed by atoms with Gasteiger partial charge in [0.05, 0.1) is 12.7 Å². The number of para-hydroxylation sites is 1. The number of unbranched alkanes of at least 4 members (excludes halogenated alkanes) is 2. The van der Waals surface area contributed by atoms with Crippen LogP contribution in [0.3, 0.4) is 0 Å². The van der Waals surface area contributed by atoms with Gasteiger partial charge in [-0.05, 0) is 42.2 Å². The molecule has 0 aliphatic heterocycles. The van der Waals surface area contributed by atoms with Crippen molar-refractivity contribution in [2.45, 2.75) is 32.6 Å². The summed E-state index contributed by atoms with van der Waals surface area (Å²) in [5.41, 5.74) is 8.36. The Kier molecular flexibility index (Phi) is 10.2. The molecule has 0 heterocycles. The fourth-order valence-corrected chi connectivity index (χ4v) is 2.30. The molecule has 0 fully saturated rings. The maximum atomic E-state index is 10.9. The monoisotopic (exact) mass is 353 g/mol. The lowest BCUT2D eigenvalue weighted by Crippen LogP contribution is -2.04. The highest BCUT2D eigenvalue weighted by Gasteiger charge is 2.06.